The largest absolute Gasteiger partial charge is 0.486 e. The van der Waals surface area contributed by atoms with E-state index in [0.717, 1.165) is 5.01 Å². The minimum absolute atomic E-state index is 0.0497. The van der Waals surface area contributed by atoms with Gasteiger partial charge in [-0.1, -0.05) is 18.5 Å². The first-order valence-corrected chi connectivity index (χ1v) is 9.95. The summed E-state index contributed by atoms with van der Waals surface area (Å²) >= 11 is 7.26. The zero-order chi connectivity index (χ0) is 19.9. The molecule has 7 heteroatoms. The van der Waals surface area contributed by atoms with E-state index in [1.54, 1.807) is 55.5 Å². The van der Waals surface area contributed by atoms with Crippen LogP contribution < -0.4 is 9.47 Å². The molecule has 0 radical (unpaired) electrons. The quantitative estimate of drug-likeness (QED) is 0.290. The lowest BCUT2D eigenvalue weighted by Gasteiger charge is -2.04. The third-order valence-corrected chi connectivity index (χ3v) is 4.95. The number of esters is 1. The molecular formula is C21H18ClNO4S. The smallest absolute Gasteiger partial charge is 0.317 e. The summed E-state index contributed by atoms with van der Waals surface area (Å²) in [6, 6.07) is 13.6. The number of carbonyl (C=O) groups excluding carboxylic acids is 2. The molecule has 0 aliphatic heterocycles. The molecule has 0 saturated carbocycles. The lowest BCUT2D eigenvalue weighted by atomic mass is 10.1. The van der Waals surface area contributed by atoms with Crippen molar-refractivity contribution in [2.75, 3.05) is 0 Å². The van der Waals surface area contributed by atoms with Gasteiger partial charge in [-0.25, -0.2) is 4.98 Å². The van der Waals surface area contributed by atoms with Crippen molar-refractivity contribution in [3.8, 4) is 11.5 Å². The second-order valence-electron chi connectivity index (χ2n) is 5.93. The Bertz CT molecular complexity index is 951. The number of rotatable bonds is 8. The summed E-state index contributed by atoms with van der Waals surface area (Å²) in [7, 11) is 0. The molecule has 0 N–H and O–H groups in total. The third kappa shape index (κ3) is 5.65. The molecule has 0 aliphatic carbocycles. The number of ether oxygens (including phenoxy) is 2. The van der Waals surface area contributed by atoms with Crippen LogP contribution in [-0.2, 0) is 17.8 Å². The Labute approximate surface area is 171 Å². The van der Waals surface area contributed by atoms with Gasteiger partial charge in [0.1, 0.15) is 23.1 Å². The highest BCUT2D eigenvalue weighted by molar-refractivity contribution is 7.09. The Morgan fingerprint density at radius 1 is 1.04 bits per heavy atom. The van der Waals surface area contributed by atoms with Crippen LogP contribution in [0.2, 0.25) is 5.02 Å². The first-order chi connectivity index (χ1) is 13.5. The van der Waals surface area contributed by atoms with E-state index >= 15 is 0 Å². The molecule has 28 heavy (non-hydrogen) atoms. The van der Waals surface area contributed by atoms with Crippen LogP contribution in [0, 0.1) is 0 Å². The van der Waals surface area contributed by atoms with Crippen LogP contribution in [-0.4, -0.2) is 16.7 Å². The number of nitrogens with zero attached hydrogens (tertiary/aromatic N) is 1. The molecule has 3 aromatic rings. The van der Waals surface area contributed by atoms with Crippen molar-refractivity contribution < 1.29 is 19.1 Å². The van der Waals surface area contributed by atoms with E-state index in [1.165, 1.54) is 11.3 Å². The van der Waals surface area contributed by atoms with Crippen LogP contribution in [0.25, 0.3) is 0 Å². The molecule has 0 aliphatic rings. The van der Waals surface area contributed by atoms with Gasteiger partial charge in [-0.15, -0.1) is 11.3 Å². The number of halogens is 1. The fraction of sp³-hybridized carbons (Fsp3) is 0.190. The molecule has 0 amide bonds. The maximum absolute atomic E-state index is 12.1. The van der Waals surface area contributed by atoms with Gasteiger partial charge in [0.25, 0.3) is 0 Å². The van der Waals surface area contributed by atoms with Crippen molar-refractivity contribution in [3.05, 3.63) is 75.2 Å². The van der Waals surface area contributed by atoms with Crippen LogP contribution in [0.3, 0.4) is 0 Å². The fourth-order valence-corrected chi connectivity index (χ4v) is 3.23. The summed E-state index contributed by atoms with van der Waals surface area (Å²) in [4.78, 5) is 28.1. The highest BCUT2D eigenvalue weighted by Crippen LogP contribution is 2.19. The molecule has 2 aromatic carbocycles. The van der Waals surface area contributed by atoms with Gasteiger partial charge < -0.3 is 9.47 Å². The predicted octanol–water partition coefficient (Wildman–Crippen LogP) is 5.12. The van der Waals surface area contributed by atoms with E-state index < -0.39 is 5.97 Å². The molecule has 144 valence electrons. The van der Waals surface area contributed by atoms with Gasteiger partial charge in [-0.2, -0.15) is 0 Å². The summed E-state index contributed by atoms with van der Waals surface area (Å²) in [6.45, 7) is 2.12. The van der Waals surface area contributed by atoms with Gasteiger partial charge >= 0.3 is 5.97 Å². The van der Waals surface area contributed by atoms with Crippen molar-refractivity contribution in [3.63, 3.8) is 0 Å². The van der Waals surface area contributed by atoms with E-state index in [-0.39, 0.29) is 12.2 Å². The van der Waals surface area contributed by atoms with Gasteiger partial charge in [-0.3, -0.25) is 9.59 Å². The second-order valence-corrected chi connectivity index (χ2v) is 7.31. The van der Waals surface area contributed by atoms with E-state index in [4.69, 9.17) is 21.1 Å². The zero-order valence-corrected chi connectivity index (χ0v) is 16.8. The first-order valence-electron chi connectivity index (χ1n) is 8.69. The molecular weight excluding hydrogens is 398 g/mol. The molecule has 0 bridgehead atoms. The molecule has 5 nitrogen and oxygen atoms in total. The van der Waals surface area contributed by atoms with Crippen LogP contribution in [0.1, 0.15) is 34.4 Å². The van der Waals surface area contributed by atoms with E-state index in [1.807, 2.05) is 5.38 Å². The molecule has 1 heterocycles. The van der Waals surface area contributed by atoms with Crippen molar-refractivity contribution in [1.82, 2.24) is 4.98 Å². The summed E-state index contributed by atoms with van der Waals surface area (Å²) in [5.74, 6) is 0.739. The number of thiazole rings is 1. The van der Waals surface area contributed by atoms with E-state index in [2.05, 4.69) is 4.98 Å². The predicted molar refractivity (Wildman–Crippen MR) is 108 cm³/mol. The Kier molecular flexibility index (Phi) is 6.79. The normalized spacial score (nSPS) is 10.5. The summed E-state index contributed by atoms with van der Waals surface area (Å²) in [5.41, 5.74) is 1.23. The zero-order valence-electron chi connectivity index (χ0n) is 15.2. The monoisotopic (exact) mass is 415 g/mol. The van der Waals surface area contributed by atoms with E-state index in [9.17, 15) is 9.59 Å². The maximum atomic E-state index is 12.1. The lowest BCUT2D eigenvalue weighted by molar-refractivity contribution is -0.133. The Morgan fingerprint density at radius 2 is 1.71 bits per heavy atom. The van der Waals surface area contributed by atoms with Gasteiger partial charge in [0, 0.05) is 22.4 Å². The Morgan fingerprint density at radius 3 is 2.39 bits per heavy atom. The number of aromatic nitrogens is 1. The van der Waals surface area contributed by atoms with Crippen LogP contribution in [0.4, 0.5) is 0 Å². The minimum atomic E-state index is -0.412. The fourth-order valence-electron chi connectivity index (χ4n) is 2.40. The summed E-state index contributed by atoms with van der Waals surface area (Å²) < 4.78 is 11.0. The number of hydrogen-bond donors (Lipinski definition) is 0. The number of hydrogen-bond acceptors (Lipinski definition) is 6. The summed E-state index contributed by atoms with van der Waals surface area (Å²) in [6.07, 6.45) is 0.500. The molecule has 0 spiro atoms. The average Bonchev–Trinajstić information content (AvgIpc) is 3.14. The third-order valence-electron chi connectivity index (χ3n) is 3.83. The van der Waals surface area contributed by atoms with Crippen molar-refractivity contribution in [2.45, 2.75) is 26.4 Å². The number of carbonyl (C=O) groups is 2. The molecule has 0 fully saturated rings. The van der Waals surface area contributed by atoms with E-state index in [0.29, 0.717) is 40.8 Å². The lowest BCUT2D eigenvalue weighted by Crippen LogP contribution is -2.11. The molecule has 0 atom stereocenters. The molecule has 0 unspecified atom stereocenters. The number of Topliss-reactive ketones (excluding diaryl/α,β-unsaturated/α-hetero) is 1. The van der Waals surface area contributed by atoms with Crippen molar-refractivity contribution in [2.24, 2.45) is 0 Å². The Balaban J connectivity index is 1.50. The first kappa shape index (κ1) is 20.0. The highest BCUT2D eigenvalue weighted by Gasteiger charge is 2.11. The minimum Gasteiger partial charge on any atom is -0.486 e. The van der Waals surface area contributed by atoms with Crippen LogP contribution >= 0.6 is 22.9 Å². The van der Waals surface area contributed by atoms with Crippen LogP contribution in [0.5, 0.6) is 11.5 Å². The van der Waals surface area contributed by atoms with Gasteiger partial charge in [0.05, 0.1) is 12.1 Å². The maximum Gasteiger partial charge on any atom is 0.317 e. The van der Waals surface area contributed by atoms with Crippen LogP contribution in [0.15, 0.2) is 53.9 Å². The molecule has 0 saturated heterocycles. The second kappa shape index (κ2) is 9.48. The SMILES string of the molecule is CCC(=O)c1ccc(OC(=O)Cc2csc(COc3ccc(Cl)cc3)n2)cc1. The number of ketones is 1. The molecule has 3 rings (SSSR count). The standard InChI is InChI=1S/C21H18ClNO4S/c1-2-19(24)14-3-7-18(8-4-14)27-21(25)11-16-13-28-20(23-16)12-26-17-9-5-15(22)6-10-17/h3-10,13H,2,11-12H2,1H3. The van der Waals surface area contributed by atoms with Gasteiger partial charge in [0.15, 0.2) is 5.78 Å². The van der Waals surface area contributed by atoms with Crippen molar-refractivity contribution >= 4 is 34.7 Å². The Hall–Kier alpha value is -2.70. The summed E-state index contributed by atoms with van der Waals surface area (Å²) in [5, 5.41) is 3.22. The number of benzene rings is 2. The van der Waals surface area contributed by atoms with Gasteiger partial charge in [0.2, 0.25) is 0 Å². The highest BCUT2D eigenvalue weighted by atomic mass is 35.5. The van der Waals surface area contributed by atoms with Gasteiger partial charge in [-0.05, 0) is 48.5 Å². The average molecular weight is 416 g/mol. The van der Waals surface area contributed by atoms with Crippen molar-refractivity contribution in [1.29, 1.82) is 0 Å². The molecule has 1 aromatic heterocycles. The topological polar surface area (TPSA) is 65.5 Å².